The Morgan fingerprint density at radius 1 is 1.45 bits per heavy atom. The molecule has 1 atom stereocenters. The predicted molar refractivity (Wildman–Crippen MR) is 45.4 cm³/mol. The van der Waals surface area contributed by atoms with Gasteiger partial charge in [0.25, 0.3) is 0 Å². The summed E-state index contributed by atoms with van der Waals surface area (Å²) in [4.78, 5) is 0. The van der Waals surface area contributed by atoms with Crippen LogP contribution in [0.5, 0.6) is 0 Å². The number of nitrogens with two attached hydrogens (primary N) is 1. The molecule has 0 unspecified atom stereocenters. The van der Waals surface area contributed by atoms with Gasteiger partial charge in [-0.05, 0) is 6.42 Å². The number of hydrogen-bond acceptors (Lipinski definition) is 3. The molecule has 0 aromatic carbocycles. The molecule has 0 spiro atoms. The molecule has 0 aromatic rings. The van der Waals surface area contributed by atoms with Crippen molar-refractivity contribution in [3.8, 4) is 0 Å². The third-order valence-corrected chi connectivity index (χ3v) is 1.47. The molecule has 0 fully saturated rings. The average Bonchev–Trinajstić information content (AvgIpc) is 2.04. The van der Waals surface area contributed by atoms with Gasteiger partial charge in [-0.15, -0.1) is 0 Å². The normalized spacial score (nSPS) is 13.4. The fourth-order valence-electron chi connectivity index (χ4n) is 0.742. The lowest BCUT2D eigenvalue weighted by Gasteiger charge is -2.07. The Bertz CT molecular complexity index is 78.5. The Labute approximate surface area is 68.5 Å². The van der Waals surface area contributed by atoms with Crippen molar-refractivity contribution < 1.29 is 9.84 Å². The summed E-state index contributed by atoms with van der Waals surface area (Å²) in [5.41, 5.74) is 5.18. The molecule has 0 heterocycles. The van der Waals surface area contributed by atoms with Crippen molar-refractivity contribution in [1.29, 1.82) is 0 Å². The number of aliphatic hydroxyl groups excluding tert-OH is 1. The van der Waals surface area contributed by atoms with Gasteiger partial charge in [0.05, 0.1) is 12.7 Å². The Morgan fingerprint density at radius 2 is 2.18 bits per heavy atom. The number of rotatable bonds is 7. The van der Waals surface area contributed by atoms with Crippen LogP contribution in [0.4, 0.5) is 0 Å². The van der Waals surface area contributed by atoms with Gasteiger partial charge in [0, 0.05) is 13.2 Å². The van der Waals surface area contributed by atoms with Crippen molar-refractivity contribution in [3.63, 3.8) is 0 Å². The Hall–Kier alpha value is -0.120. The van der Waals surface area contributed by atoms with E-state index < -0.39 is 6.10 Å². The average molecular weight is 161 g/mol. The van der Waals surface area contributed by atoms with Crippen LogP contribution in [0.15, 0.2) is 0 Å². The van der Waals surface area contributed by atoms with Crippen LogP contribution < -0.4 is 5.73 Å². The second-order valence-corrected chi connectivity index (χ2v) is 2.67. The smallest absolute Gasteiger partial charge is 0.0895 e. The second-order valence-electron chi connectivity index (χ2n) is 2.67. The van der Waals surface area contributed by atoms with E-state index in [9.17, 15) is 0 Å². The van der Waals surface area contributed by atoms with Gasteiger partial charge in [-0.2, -0.15) is 0 Å². The Kier molecular flexibility index (Phi) is 7.89. The fourth-order valence-corrected chi connectivity index (χ4v) is 0.742. The number of unbranched alkanes of at least 4 members (excludes halogenated alkanes) is 2. The third-order valence-electron chi connectivity index (χ3n) is 1.47. The highest BCUT2D eigenvalue weighted by molar-refractivity contribution is 4.52. The molecule has 0 amide bonds. The molecule has 0 saturated carbocycles. The van der Waals surface area contributed by atoms with E-state index in [-0.39, 0.29) is 6.54 Å². The van der Waals surface area contributed by atoms with Crippen LogP contribution in [0.2, 0.25) is 0 Å². The minimum absolute atomic E-state index is 0.285. The van der Waals surface area contributed by atoms with Crippen LogP contribution in [0, 0.1) is 0 Å². The summed E-state index contributed by atoms with van der Waals surface area (Å²) < 4.78 is 5.16. The van der Waals surface area contributed by atoms with Gasteiger partial charge in [0.15, 0.2) is 0 Å². The lowest BCUT2D eigenvalue weighted by molar-refractivity contribution is 0.0398. The molecular formula is C8H19NO2. The van der Waals surface area contributed by atoms with Gasteiger partial charge in [0.2, 0.25) is 0 Å². The zero-order valence-electron chi connectivity index (χ0n) is 7.25. The maximum atomic E-state index is 8.96. The molecule has 3 nitrogen and oxygen atoms in total. The molecule has 0 radical (unpaired) electrons. The lowest BCUT2D eigenvalue weighted by Crippen LogP contribution is -2.25. The van der Waals surface area contributed by atoms with E-state index in [1.54, 1.807) is 0 Å². The van der Waals surface area contributed by atoms with Crippen LogP contribution in [0.1, 0.15) is 26.2 Å². The van der Waals surface area contributed by atoms with Crippen LogP contribution in [0.3, 0.4) is 0 Å². The highest BCUT2D eigenvalue weighted by atomic mass is 16.5. The van der Waals surface area contributed by atoms with E-state index in [0.29, 0.717) is 6.61 Å². The monoisotopic (exact) mass is 161 g/mol. The summed E-state index contributed by atoms with van der Waals surface area (Å²) in [6, 6.07) is 0. The van der Waals surface area contributed by atoms with Crippen molar-refractivity contribution in [3.05, 3.63) is 0 Å². The van der Waals surface area contributed by atoms with Crippen LogP contribution in [-0.4, -0.2) is 31.0 Å². The zero-order valence-corrected chi connectivity index (χ0v) is 7.25. The summed E-state index contributed by atoms with van der Waals surface area (Å²) in [6.07, 6.45) is 2.98. The van der Waals surface area contributed by atoms with E-state index in [1.807, 2.05) is 0 Å². The third kappa shape index (κ3) is 7.78. The number of hydrogen-bond donors (Lipinski definition) is 2. The van der Waals surface area contributed by atoms with E-state index in [4.69, 9.17) is 15.6 Å². The summed E-state index contributed by atoms with van der Waals surface area (Å²) >= 11 is 0. The second kappa shape index (κ2) is 7.98. The minimum atomic E-state index is -0.489. The van der Waals surface area contributed by atoms with Crippen LogP contribution in [0.25, 0.3) is 0 Å². The van der Waals surface area contributed by atoms with Crippen molar-refractivity contribution in [2.45, 2.75) is 32.3 Å². The first-order chi connectivity index (χ1) is 5.31. The number of ether oxygens (including phenoxy) is 1. The molecule has 0 rings (SSSR count). The summed E-state index contributed by atoms with van der Waals surface area (Å²) in [6.45, 7) is 3.55. The van der Waals surface area contributed by atoms with Crippen molar-refractivity contribution in [2.75, 3.05) is 19.8 Å². The lowest BCUT2D eigenvalue weighted by atomic mass is 10.3. The molecule has 68 valence electrons. The van der Waals surface area contributed by atoms with Crippen molar-refractivity contribution in [1.82, 2.24) is 0 Å². The van der Waals surface area contributed by atoms with Gasteiger partial charge in [-0.3, -0.25) is 0 Å². The standard InChI is InChI=1S/C8H19NO2/c1-2-3-4-5-11-7-8(10)6-9/h8,10H,2-7,9H2,1H3/t8-/m0/s1. The first kappa shape index (κ1) is 10.9. The SMILES string of the molecule is CCCCCOC[C@@H](O)CN. The predicted octanol–water partition coefficient (Wildman–Crippen LogP) is 0.513. The maximum absolute atomic E-state index is 8.96. The molecule has 0 aliphatic rings. The maximum Gasteiger partial charge on any atom is 0.0895 e. The number of aliphatic hydroxyl groups is 1. The van der Waals surface area contributed by atoms with E-state index in [2.05, 4.69) is 6.92 Å². The molecular weight excluding hydrogens is 142 g/mol. The minimum Gasteiger partial charge on any atom is -0.389 e. The topological polar surface area (TPSA) is 55.5 Å². The molecule has 0 bridgehead atoms. The zero-order chi connectivity index (χ0) is 8.53. The van der Waals surface area contributed by atoms with Crippen molar-refractivity contribution >= 4 is 0 Å². The molecule has 3 heteroatoms. The van der Waals surface area contributed by atoms with E-state index in [0.717, 1.165) is 13.0 Å². The van der Waals surface area contributed by atoms with Gasteiger partial charge in [-0.1, -0.05) is 19.8 Å². The van der Waals surface area contributed by atoms with Gasteiger partial charge in [-0.25, -0.2) is 0 Å². The Morgan fingerprint density at radius 3 is 2.73 bits per heavy atom. The largest absolute Gasteiger partial charge is 0.389 e. The summed E-state index contributed by atoms with van der Waals surface area (Å²) in [7, 11) is 0. The first-order valence-corrected chi connectivity index (χ1v) is 4.27. The molecule has 11 heavy (non-hydrogen) atoms. The van der Waals surface area contributed by atoms with Gasteiger partial charge < -0.3 is 15.6 Å². The van der Waals surface area contributed by atoms with Crippen LogP contribution in [-0.2, 0) is 4.74 Å². The molecule has 3 N–H and O–H groups in total. The highest BCUT2D eigenvalue weighted by Crippen LogP contribution is 1.94. The quantitative estimate of drug-likeness (QED) is 0.535. The molecule has 0 aliphatic carbocycles. The van der Waals surface area contributed by atoms with Crippen LogP contribution >= 0.6 is 0 Å². The molecule has 0 aromatic heterocycles. The van der Waals surface area contributed by atoms with E-state index >= 15 is 0 Å². The molecule has 0 aliphatic heterocycles. The first-order valence-electron chi connectivity index (χ1n) is 4.27. The fraction of sp³-hybridized carbons (Fsp3) is 1.00. The summed E-state index contributed by atoms with van der Waals surface area (Å²) in [5, 5.41) is 8.96. The summed E-state index contributed by atoms with van der Waals surface area (Å²) in [5.74, 6) is 0. The van der Waals surface area contributed by atoms with Gasteiger partial charge in [0.1, 0.15) is 0 Å². The molecule has 0 saturated heterocycles. The van der Waals surface area contributed by atoms with Crippen molar-refractivity contribution in [2.24, 2.45) is 5.73 Å². The Balaban J connectivity index is 2.89. The van der Waals surface area contributed by atoms with Gasteiger partial charge >= 0.3 is 0 Å². The van der Waals surface area contributed by atoms with E-state index in [1.165, 1.54) is 12.8 Å². The highest BCUT2D eigenvalue weighted by Gasteiger charge is 1.98.